The molecule has 0 aliphatic rings. The van der Waals surface area contributed by atoms with Crippen molar-refractivity contribution in [3.63, 3.8) is 0 Å². The summed E-state index contributed by atoms with van der Waals surface area (Å²) in [5.41, 5.74) is 0.755. The van der Waals surface area contributed by atoms with Crippen molar-refractivity contribution < 1.29 is 9.94 Å². The zero-order chi connectivity index (χ0) is 11.3. The second kappa shape index (κ2) is 5.53. The van der Waals surface area contributed by atoms with E-state index < -0.39 is 6.10 Å². The predicted octanol–water partition coefficient (Wildman–Crippen LogP) is 2.69. The molecule has 1 aromatic carbocycles. The third-order valence-corrected chi connectivity index (χ3v) is 1.82. The third kappa shape index (κ3) is 4.14. The number of benzene rings is 1. The van der Waals surface area contributed by atoms with Crippen LogP contribution in [0.3, 0.4) is 0 Å². The van der Waals surface area contributed by atoms with Gasteiger partial charge >= 0.3 is 0 Å². The van der Waals surface area contributed by atoms with Crippen LogP contribution >= 0.6 is 11.6 Å². The Labute approximate surface area is 93.6 Å². The SMILES string of the molecule is C=C(O/N=C/C(C)O)c1cccc(Cl)c1. The second-order valence-electron chi connectivity index (χ2n) is 3.02. The lowest BCUT2D eigenvalue weighted by Gasteiger charge is -2.03. The van der Waals surface area contributed by atoms with E-state index in [2.05, 4.69) is 11.7 Å². The Morgan fingerprint density at radius 3 is 3.00 bits per heavy atom. The summed E-state index contributed by atoms with van der Waals surface area (Å²) in [6, 6.07) is 7.09. The highest BCUT2D eigenvalue weighted by Crippen LogP contribution is 2.18. The first-order chi connectivity index (χ1) is 7.09. The van der Waals surface area contributed by atoms with Crippen molar-refractivity contribution in [3.8, 4) is 0 Å². The molecule has 0 aliphatic carbocycles. The van der Waals surface area contributed by atoms with Gasteiger partial charge in [0.15, 0.2) is 5.76 Å². The third-order valence-electron chi connectivity index (χ3n) is 1.59. The number of hydrogen-bond acceptors (Lipinski definition) is 3. The van der Waals surface area contributed by atoms with Gasteiger partial charge in [0, 0.05) is 10.6 Å². The maximum Gasteiger partial charge on any atom is 0.158 e. The van der Waals surface area contributed by atoms with Gasteiger partial charge in [0.2, 0.25) is 0 Å². The predicted molar refractivity (Wildman–Crippen MR) is 61.7 cm³/mol. The van der Waals surface area contributed by atoms with E-state index in [0.29, 0.717) is 10.8 Å². The van der Waals surface area contributed by atoms with E-state index in [9.17, 15) is 0 Å². The lowest BCUT2D eigenvalue weighted by atomic mass is 10.2. The van der Waals surface area contributed by atoms with Crippen LogP contribution in [-0.2, 0) is 4.84 Å². The minimum Gasteiger partial charge on any atom is -0.388 e. The number of hydrogen-bond donors (Lipinski definition) is 1. The van der Waals surface area contributed by atoms with E-state index in [1.54, 1.807) is 25.1 Å². The molecule has 1 aromatic rings. The lowest BCUT2D eigenvalue weighted by molar-refractivity contribution is 0.251. The minimum atomic E-state index is -0.642. The zero-order valence-corrected chi connectivity index (χ0v) is 9.11. The number of aliphatic hydroxyl groups is 1. The highest BCUT2D eigenvalue weighted by Gasteiger charge is 2.00. The number of aliphatic hydroxyl groups excluding tert-OH is 1. The topological polar surface area (TPSA) is 41.8 Å². The molecule has 80 valence electrons. The zero-order valence-electron chi connectivity index (χ0n) is 8.35. The molecular weight excluding hydrogens is 214 g/mol. The van der Waals surface area contributed by atoms with Gasteiger partial charge in [-0.2, -0.15) is 0 Å². The van der Waals surface area contributed by atoms with Crippen LogP contribution in [-0.4, -0.2) is 17.4 Å². The molecule has 0 aromatic heterocycles. The summed E-state index contributed by atoms with van der Waals surface area (Å²) in [7, 11) is 0. The largest absolute Gasteiger partial charge is 0.388 e. The van der Waals surface area contributed by atoms with Crippen molar-refractivity contribution in [2.75, 3.05) is 0 Å². The highest BCUT2D eigenvalue weighted by atomic mass is 35.5. The molecular formula is C11H12ClNO2. The number of oxime groups is 1. The Morgan fingerprint density at radius 1 is 1.67 bits per heavy atom. The van der Waals surface area contributed by atoms with Gasteiger partial charge in [-0.1, -0.05) is 35.5 Å². The maximum atomic E-state index is 8.90. The van der Waals surface area contributed by atoms with E-state index >= 15 is 0 Å². The lowest BCUT2D eigenvalue weighted by Crippen LogP contribution is -2.00. The first-order valence-electron chi connectivity index (χ1n) is 4.43. The molecule has 4 heteroatoms. The van der Waals surface area contributed by atoms with E-state index in [0.717, 1.165) is 5.56 Å². The average molecular weight is 226 g/mol. The Bertz CT molecular complexity index is 375. The van der Waals surface area contributed by atoms with E-state index in [4.69, 9.17) is 21.5 Å². The molecule has 0 aliphatic heterocycles. The van der Waals surface area contributed by atoms with Crippen LogP contribution in [0.15, 0.2) is 36.0 Å². The summed E-state index contributed by atoms with van der Waals surface area (Å²) in [6.45, 7) is 5.27. The van der Waals surface area contributed by atoms with Crippen molar-refractivity contribution in [3.05, 3.63) is 41.4 Å². The molecule has 0 saturated carbocycles. The van der Waals surface area contributed by atoms with Crippen LogP contribution < -0.4 is 0 Å². The van der Waals surface area contributed by atoms with Gasteiger partial charge < -0.3 is 9.94 Å². The van der Waals surface area contributed by atoms with Gasteiger partial charge in [-0.15, -0.1) is 0 Å². The van der Waals surface area contributed by atoms with Crippen LogP contribution in [0.4, 0.5) is 0 Å². The summed E-state index contributed by atoms with van der Waals surface area (Å²) in [5, 5.41) is 13.1. The van der Waals surface area contributed by atoms with Gasteiger partial charge in [-0.05, 0) is 19.1 Å². The summed E-state index contributed by atoms with van der Waals surface area (Å²) >= 11 is 5.80. The smallest absolute Gasteiger partial charge is 0.158 e. The van der Waals surface area contributed by atoms with Gasteiger partial charge in [0.05, 0.1) is 12.3 Å². The minimum absolute atomic E-state index is 0.384. The maximum absolute atomic E-state index is 8.90. The molecule has 1 unspecified atom stereocenters. The molecule has 0 heterocycles. The van der Waals surface area contributed by atoms with Crippen molar-refractivity contribution in [1.82, 2.24) is 0 Å². The number of nitrogens with zero attached hydrogens (tertiary/aromatic N) is 1. The van der Waals surface area contributed by atoms with Crippen LogP contribution in [0.2, 0.25) is 5.02 Å². The Balaban J connectivity index is 2.62. The highest BCUT2D eigenvalue weighted by molar-refractivity contribution is 6.30. The van der Waals surface area contributed by atoms with Crippen molar-refractivity contribution >= 4 is 23.6 Å². The van der Waals surface area contributed by atoms with Crippen LogP contribution in [0.1, 0.15) is 12.5 Å². The standard InChI is InChI=1S/C11H12ClNO2/c1-8(14)7-13-15-9(2)10-4-3-5-11(12)6-10/h3-8,14H,2H2,1H3/b13-7+. The average Bonchev–Trinajstić information content (AvgIpc) is 2.17. The molecule has 1 N–H and O–H groups in total. The summed E-state index contributed by atoms with van der Waals surface area (Å²) < 4.78 is 0. The van der Waals surface area contributed by atoms with Crippen LogP contribution in [0.5, 0.6) is 0 Å². The molecule has 3 nitrogen and oxygen atoms in total. The molecule has 0 radical (unpaired) electrons. The second-order valence-corrected chi connectivity index (χ2v) is 3.46. The molecule has 0 bridgehead atoms. The van der Waals surface area contributed by atoms with Crippen LogP contribution in [0, 0.1) is 0 Å². The molecule has 0 amide bonds. The fourth-order valence-corrected chi connectivity index (χ4v) is 1.09. The van der Waals surface area contributed by atoms with E-state index in [1.165, 1.54) is 6.21 Å². The fourth-order valence-electron chi connectivity index (χ4n) is 0.897. The number of rotatable bonds is 4. The monoisotopic (exact) mass is 225 g/mol. The van der Waals surface area contributed by atoms with E-state index in [-0.39, 0.29) is 0 Å². The first-order valence-corrected chi connectivity index (χ1v) is 4.81. The Morgan fingerprint density at radius 2 is 2.40 bits per heavy atom. The quantitative estimate of drug-likeness (QED) is 0.486. The van der Waals surface area contributed by atoms with Crippen molar-refractivity contribution in [1.29, 1.82) is 0 Å². The van der Waals surface area contributed by atoms with Crippen LogP contribution in [0.25, 0.3) is 5.76 Å². The number of halogens is 1. The van der Waals surface area contributed by atoms with Gasteiger partial charge in [-0.25, -0.2) is 0 Å². The normalized spacial score (nSPS) is 12.7. The molecule has 0 fully saturated rings. The summed E-state index contributed by atoms with van der Waals surface area (Å²) in [6.07, 6.45) is 0.632. The van der Waals surface area contributed by atoms with Crippen molar-refractivity contribution in [2.45, 2.75) is 13.0 Å². The molecule has 1 rings (SSSR count). The molecule has 1 atom stereocenters. The van der Waals surface area contributed by atoms with E-state index in [1.807, 2.05) is 6.07 Å². The molecule has 0 saturated heterocycles. The molecule has 0 spiro atoms. The van der Waals surface area contributed by atoms with Gasteiger partial charge in [0.1, 0.15) is 0 Å². The van der Waals surface area contributed by atoms with Gasteiger partial charge in [-0.3, -0.25) is 0 Å². The summed E-state index contributed by atoms with van der Waals surface area (Å²) in [4.78, 5) is 4.95. The Kier molecular flexibility index (Phi) is 4.34. The first kappa shape index (κ1) is 11.8. The Hall–Kier alpha value is -1.32. The molecule has 15 heavy (non-hydrogen) atoms. The van der Waals surface area contributed by atoms with Crippen molar-refractivity contribution in [2.24, 2.45) is 5.16 Å². The van der Waals surface area contributed by atoms with Gasteiger partial charge in [0.25, 0.3) is 0 Å². The fraction of sp³-hybridized carbons (Fsp3) is 0.182. The summed E-state index contributed by atoms with van der Waals surface area (Å²) in [5.74, 6) is 0.384.